The van der Waals surface area contributed by atoms with Crippen molar-refractivity contribution in [1.82, 2.24) is 4.90 Å². The summed E-state index contributed by atoms with van der Waals surface area (Å²) < 4.78 is 0. The Kier molecular flexibility index (Phi) is 7.31. The van der Waals surface area contributed by atoms with Gasteiger partial charge in [-0.2, -0.15) is 0 Å². The van der Waals surface area contributed by atoms with E-state index in [1.54, 1.807) is 4.90 Å². The maximum Gasteiger partial charge on any atom is 0.322 e. The molecule has 0 spiro atoms. The van der Waals surface area contributed by atoms with E-state index < -0.39 is 0 Å². The van der Waals surface area contributed by atoms with Gasteiger partial charge in [-0.1, -0.05) is 91.0 Å². The van der Waals surface area contributed by atoms with Crippen molar-refractivity contribution in [3.63, 3.8) is 0 Å². The van der Waals surface area contributed by atoms with Crippen LogP contribution in [0.2, 0.25) is 0 Å². The average Bonchev–Trinajstić information content (AvgIpc) is 2.97. The molecule has 0 radical (unpaired) electrons. The summed E-state index contributed by atoms with van der Waals surface area (Å²) in [5, 5.41) is 3.00. The van der Waals surface area contributed by atoms with E-state index >= 15 is 0 Å². The molecule has 0 bridgehead atoms. The molecule has 186 valence electrons. The van der Waals surface area contributed by atoms with Gasteiger partial charge in [0.2, 0.25) is 5.91 Å². The lowest BCUT2D eigenvalue weighted by Gasteiger charge is -2.28. The van der Waals surface area contributed by atoms with Crippen molar-refractivity contribution in [2.24, 2.45) is 0 Å². The number of hydrogen-bond donors (Lipinski definition) is 1. The lowest BCUT2D eigenvalue weighted by atomic mass is 9.87. The van der Waals surface area contributed by atoms with Crippen molar-refractivity contribution in [3.8, 4) is 0 Å². The van der Waals surface area contributed by atoms with Crippen molar-refractivity contribution < 1.29 is 9.59 Å². The standard InChI is InChI=1S/C32H31N3O2/c1-24-11-10-16-27(21-24)33-32(37)34-20-19-28(26-14-6-3-7-15-26)29-17-8-9-18-30(29)35(31(36)23-34)22-25-12-4-2-5-13-25/h2-18,21,28H,19-20,22-23H2,1H3,(H,33,37). The van der Waals surface area contributed by atoms with Crippen LogP contribution in [0, 0.1) is 6.92 Å². The molecule has 1 N–H and O–H groups in total. The molecule has 5 heteroatoms. The molecule has 37 heavy (non-hydrogen) atoms. The fraction of sp³-hybridized carbons (Fsp3) is 0.188. The molecular formula is C32H31N3O2. The molecule has 1 aliphatic heterocycles. The van der Waals surface area contributed by atoms with E-state index in [0.717, 1.165) is 28.1 Å². The van der Waals surface area contributed by atoms with E-state index in [0.29, 0.717) is 19.5 Å². The average molecular weight is 490 g/mol. The van der Waals surface area contributed by atoms with Crippen LogP contribution < -0.4 is 10.2 Å². The molecule has 1 aliphatic rings. The van der Waals surface area contributed by atoms with Gasteiger partial charge in [0.05, 0.1) is 6.54 Å². The normalized spacial score (nSPS) is 15.8. The molecule has 5 rings (SSSR count). The second-order valence-corrected chi connectivity index (χ2v) is 9.50. The van der Waals surface area contributed by atoms with E-state index in [2.05, 4.69) is 23.5 Å². The smallest absolute Gasteiger partial charge is 0.315 e. The number of carbonyl (C=O) groups is 2. The van der Waals surface area contributed by atoms with Gasteiger partial charge in [0.15, 0.2) is 0 Å². The molecule has 1 atom stereocenters. The maximum absolute atomic E-state index is 13.9. The SMILES string of the molecule is Cc1cccc(NC(=O)N2CCC(c3ccccc3)c3ccccc3N(Cc3ccccc3)C(=O)C2)c1. The Labute approximate surface area is 218 Å². The highest BCUT2D eigenvalue weighted by atomic mass is 16.2. The minimum absolute atomic E-state index is 0.000324. The number of aryl methyl sites for hydroxylation is 1. The van der Waals surface area contributed by atoms with Gasteiger partial charge < -0.3 is 15.1 Å². The molecule has 5 nitrogen and oxygen atoms in total. The van der Waals surface area contributed by atoms with Crippen LogP contribution >= 0.6 is 0 Å². The Morgan fingerprint density at radius 3 is 2.32 bits per heavy atom. The molecule has 4 aromatic rings. The number of anilines is 2. The van der Waals surface area contributed by atoms with Gasteiger partial charge in [-0.3, -0.25) is 4.79 Å². The van der Waals surface area contributed by atoms with Crippen molar-refractivity contribution in [3.05, 3.63) is 131 Å². The van der Waals surface area contributed by atoms with Gasteiger partial charge in [0.25, 0.3) is 0 Å². The fourth-order valence-corrected chi connectivity index (χ4v) is 5.00. The van der Waals surface area contributed by atoms with E-state index in [1.807, 2.05) is 103 Å². The third-order valence-corrected chi connectivity index (χ3v) is 6.86. The molecule has 0 saturated heterocycles. The minimum atomic E-state index is -0.267. The molecule has 0 fully saturated rings. The predicted octanol–water partition coefficient (Wildman–Crippen LogP) is 6.60. The van der Waals surface area contributed by atoms with Gasteiger partial charge in [0.1, 0.15) is 6.54 Å². The Bertz CT molecular complexity index is 1370. The third kappa shape index (κ3) is 5.72. The first-order chi connectivity index (χ1) is 18.1. The van der Waals surface area contributed by atoms with Gasteiger partial charge in [-0.15, -0.1) is 0 Å². The Morgan fingerprint density at radius 1 is 0.865 bits per heavy atom. The fourth-order valence-electron chi connectivity index (χ4n) is 5.00. The molecule has 0 saturated carbocycles. The van der Waals surface area contributed by atoms with Crippen molar-refractivity contribution in [2.45, 2.75) is 25.8 Å². The summed E-state index contributed by atoms with van der Waals surface area (Å²) in [5.74, 6) is -0.0692. The number of nitrogens with zero attached hydrogens (tertiary/aromatic N) is 2. The number of para-hydroxylation sites is 1. The van der Waals surface area contributed by atoms with Gasteiger partial charge >= 0.3 is 6.03 Å². The quantitative estimate of drug-likeness (QED) is 0.351. The largest absolute Gasteiger partial charge is 0.322 e. The zero-order valence-electron chi connectivity index (χ0n) is 21.0. The molecular weight excluding hydrogens is 458 g/mol. The molecule has 4 aromatic carbocycles. The highest BCUT2D eigenvalue weighted by molar-refractivity contribution is 5.99. The first-order valence-corrected chi connectivity index (χ1v) is 12.7. The second kappa shape index (κ2) is 11.1. The molecule has 0 aliphatic carbocycles. The highest BCUT2D eigenvalue weighted by Crippen LogP contribution is 2.37. The maximum atomic E-state index is 13.9. The van der Waals surface area contributed by atoms with E-state index in [4.69, 9.17) is 0 Å². The summed E-state index contributed by atoms with van der Waals surface area (Å²) in [6.45, 7) is 2.88. The first kappa shape index (κ1) is 24.3. The zero-order chi connectivity index (χ0) is 25.6. The Balaban J connectivity index is 1.53. The second-order valence-electron chi connectivity index (χ2n) is 9.50. The first-order valence-electron chi connectivity index (χ1n) is 12.7. The number of fused-ring (bicyclic) bond motifs is 1. The topological polar surface area (TPSA) is 52.7 Å². The van der Waals surface area contributed by atoms with Crippen LogP contribution in [0.1, 0.15) is 34.6 Å². The summed E-state index contributed by atoms with van der Waals surface area (Å²) in [7, 11) is 0. The summed E-state index contributed by atoms with van der Waals surface area (Å²) in [6, 6.07) is 35.9. The van der Waals surface area contributed by atoms with Crippen molar-refractivity contribution in [1.29, 1.82) is 0 Å². The minimum Gasteiger partial charge on any atom is -0.315 e. The van der Waals surface area contributed by atoms with Crippen LogP contribution in [0.3, 0.4) is 0 Å². The van der Waals surface area contributed by atoms with E-state index in [1.165, 1.54) is 5.56 Å². The van der Waals surface area contributed by atoms with Crippen LogP contribution in [0.4, 0.5) is 16.2 Å². The van der Waals surface area contributed by atoms with Gasteiger partial charge in [0, 0.05) is 23.8 Å². The van der Waals surface area contributed by atoms with Crippen LogP contribution in [0.25, 0.3) is 0 Å². The van der Waals surface area contributed by atoms with E-state index in [-0.39, 0.29) is 24.4 Å². The highest BCUT2D eigenvalue weighted by Gasteiger charge is 2.30. The van der Waals surface area contributed by atoms with Crippen LogP contribution in [0.15, 0.2) is 109 Å². The zero-order valence-corrected chi connectivity index (χ0v) is 21.0. The van der Waals surface area contributed by atoms with Crippen molar-refractivity contribution >= 4 is 23.3 Å². The number of carbonyl (C=O) groups excluding carboxylic acids is 2. The number of urea groups is 1. The number of nitrogens with one attached hydrogen (secondary N) is 1. The molecule has 0 aromatic heterocycles. The lowest BCUT2D eigenvalue weighted by molar-refractivity contribution is -0.119. The molecule has 3 amide bonds. The summed E-state index contributed by atoms with van der Waals surface area (Å²) in [5.41, 5.74) is 5.98. The summed E-state index contributed by atoms with van der Waals surface area (Å²) in [6.07, 6.45) is 0.703. The summed E-state index contributed by atoms with van der Waals surface area (Å²) >= 11 is 0. The predicted molar refractivity (Wildman–Crippen MR) is 149 cm³/mol. The number of rotatable bonds is 4. The Hall–Kier alpha value is -4.38. The Morgan fingerprint density at radius 2 is 1.57 bits per heavy atom. The lowest BCUT2D eigenvalue weighted by Crippen LogP contribution is -2.44. The van der Waals surface area contributed by atoms with Crippen LogP contribution in [0.5, 0.6) is 0 Å². The monoisotopic (exact) mass is 489 g/mol. The van der Waals surface area contributed by atoms with Gasteiger partial charge in [-0.25, -0.2) is 4.79 Å². The molecule has 1 heterocycles. The molecule has 1 unspecified atom stereocenters. The number of amides is 3. The van der Waals surface area contributed by atoms with Crippen LogP contribution in [-0.4, -0.2) is 29.9 Å². The third-order valence-electron chi connectivity index (χ3n) is 6.86. The van der Waals surface area contributed by atoms with Crippen LogP contribution in [-0.2, 0) is 11.3 Å². The summed E-state index contributed by atoms with van der Waals surface area (Å²) in [4.78, 5) is 30.8. The van der Waals surface area contributed by atoms with Gasteiger partial charge in [-0.05, 0) is 53.8 Å². The van der Waals surface area contributed by atoms with Crippen molar-refractivity contribution in [2.75, 3.05) is 23.3 Å². The number of hydrogen-bond acceptors (Lipinski definition) is 2. The van der Waals surface area contributed by atoms with E-state index in [9.17, 15) is 9.59 Å². The number of benzene rings is 4.